The summed E-state index contributed by atoms with van der Waals surface area (Å²) < 4.78 is 38.6. The van der Waals surface area contributed by atoms with Crippen molar-refractivity contribution in [2.75, 3.05) is 17.2 Å². The van der Waals surface area contributed by atoms with E-state index >= 15 is 0 Å². The van der Waals surface area contributed by atoms with Crippen LogP contribution in [0.1, 0.15) is 18.4 Å². The van der Waals surface area contributed by atoms with Crippen molar-refractivity contribution in [1.82, 2.24) is 4.72 Å². The molecule has 5 nitrogen and oxygen atoms in total. The number of aryl methyl sites for hydroxylation is 1. The average molecular weight is 337 g/mol. The molecule has 0 saturated carbocycles. The fourth-order valence-corrected chi connectivity index (χ4v) is 5.29. The van der Waals surface area contributed by atoms with E-state index in [1.54, 1.807) is 13.0 Å². The summed E-state index contributed by atoms with van der Waals surface area (Å²) in [6.07, 6.45) is 1.15. The van der Waals surface area contributed by atoms with E-state index in [0.29, 0.717) is 30.0 Å². The van der Waals surface area contributed by atoms with Crippen LogP contribution in [0, 0.1) is 6.92 Å². The summed E-state index contributed by atoms with van der Waals surface area (Å²) >= 11 is 6.00. The largest absolute Gasteiger partial charge is 0.398 e. The molecule has 1 aliphatic rings. The second-order valence-electron chi connectivity index (χ2n) is 4.88. The standard InChI is InChI=1S/C12H17ClN2O3S2/c1-8-6-10(13)12(7-11(8)14)20(17,18)15-9-2-4-19(16)5-3-9/h6-7,9,15H,2-5,14H2,1H3. The summed E-state index contributed by atoms with van der Waals surface area (Å²) in [4.78, 5) is -0.00559. The van der Waals surface area contributed by atoms with Crippen LogP contribution in [0.25, 0.3) is 0 Å². The topological polar surface area (TPSA) is 89.3 Å². The number of nitrogens with two attached hydrogens (primary N) is 1. The van der Waals surface area contributed by atoms with Crippen LogP contribution in [0.4, 0.5) is 5.69 Å². The van der Waals surface area contributed by atoms with Gasteiger partial charge in [0.25, 0.3) is 0 Å². The highest BCUT2D eigenvalue weighted by Gasteiger charge is 2.26. The Kier molecular flexibility index (Phi) is 4.73. The van der Waals surface area contributed by atoms with Crippen LogP contribution in [-0.2, 0) is 20.8 Å². The Hall–Kier alpha value is -0.630. The van der Waals surface area contributed by atoms with Crippen LogP contribution in [0.15, 0.2) is 17.0 Å². The molecule has 0 amide bonds. The zero-order valence-corrected chi connectivity index (χ0v) is 13.4. The van der Waals surface area contributed by atoms with Crippen molar-refractivity contribution in [2.45, 2.75) is 30.7 Å². The van der Waals surface area contributed by atoms with E-state index < -0.39 is 20.8 Å². The van der Waals surface area contributed by atoms with E-state index in [1.807, 2.05) is 0 Å². The Morgan fingerprint density at radius 2 is 1.95 bits per heavy atom. The van der Waals surface area contributed by atoms with Crippen LogP contribution in [0.2, 0.25) is 5.02 Å². The molecule has 0 bridgehead atoms. The number of anilines is 1. The first-order valence-corrected chi connectivity index (χ1v) is 9.57. The number of nitrogen functional groups attached to an aromatic ring is 1. The minimum atomic E-state index is -3.71. The fraction of sp³-hybridized carbons (Fsp3) is 0.500. The summed E-state index contributed by atoms with van der Waals surface area (Å²) in [7, 11) is -4.53. The molecule has 3 N–H and O–H groups in total. The fourth-order valence-electron chi connectivity index (χ4n) is 2.07. The zero-order chi connectivity index (χ0) is 14.9. The SMILES string of the molecule is Cc1cc(Cl)c(S(=O)(=O)NC2CCS(=O)CC2)cc1N. The van der Waals surface area contributed by atoms with Gasteiger partial charge in [-0.3, -0.25) is 4.21 Å². The highest BCUT2D eigenvalue weighted by Crippen LogP contribution is 2.27. The van der Waals surface area contributed by atoms with E-state index in [-0.39, 0.29) is 16.0 Å². The maximum Gasteiger partial charge on any atom is 0.242 e. The number of sulfonamides is 1. The van der Waals surface area contributed by atoms with Crippen molar-refractivity contribution in [3.8, 4) is 0 Å². The van der Waals surface area contributed by atoms with E-state index in [0.717, 1.165) is 5.56 Å². The molecule has 2 rings (SSSR count). The lowest BCUT2D eigenvalue weighted by molar-refractivity contribution is 0.522. The molecule has 1 fully saturated rings. The first kappa shape index (κ1) is 15.8. The van der Waals surface area contributed by atoms with Crippen LogP contribution >= 0.6 is 11.6 Å². The third kappa shape index (κ3) is 3.52. The summed E-state index contributed by atoms with van der Waals surface area (Å²) in [5.74, 6) is 1.05. The van der Waals surface area contributed by atoms with Crippen LogP contribution in [-0.4, -0.2) is 30.2 Å². The van der Waals surface area contributed by atoms with Gasteiger partial charge in [-0.25, -0.2) is 13.1 Å². The van der Waals surface area contributed by atoms with Gasteiger partial charge < -0.3 is 5.73 Å². The highest BCUT2D eigenvalue weighted by molar-refractivity contribution is 7.89. The molecule has 1 saturated heterocycles. The predicted octanol–water partition coefficient (Wildman–Crippen LogP) is 1.42. The Balaban J connectivity index is 2.22. The number of rotatable bonds is 3. The number of nitrogens with one attached hydrogen (secondary N) is 1. The first-order chi connectivity index (χ1) is 9.29. The maximum atomic E-state index is 12.3. The molecular formula is C12H17ClN2O3S2. The maximum absolute atomic E-state index is 12.3. The van der Waals surface area contributed by atoms with Gasteiger partial charge in [0.2, 0.25) is 10.0 Å². The molecule has 0 aromatic heterocycles. The molecule has 0 spiro atoms. The average Bonchev–Trinajstić information content (AvgIpc) is 2.36. The van der Waals surface area contributed by atoms with Crippen LogP contribution in [0.3, 0.4) is 0 Å². The van der Waals surface area contributed by atoms with Gasteiger partial charge in [-0.1, -0.05) is 11.6 Å². The second-order valence-corrected chi connectivity index (χ2v) is 8.67. The molecule has 1 aromatic rings. The smallest absolute Gasteiger partial charge is 0.242 e. The lowest BCUT2D eigenvalue weighted by Crippen LogP contribution is -2.39. The lowest BCUT2D eigenvalue weighted by Gasteiger charge is -2.22. The molecule has 112 valence electrons. The summed E-state index contributed by atoms with van der Waals surface area (Å²) in [6.45, 7) is 1.77. The van der Waals surface area contributed by atoms with Crippen molar-refractivity contribution >= 4 is 38.1 Å². The van der Waals surface area contributed by atoms with E-state index in [9.17, 15) is 12.6 Å². The van der Waals surface area contributed by atoms with Crippen molar-refractivity contribution in [3.63, 3.8) is 0 Å². The number of hydrogen-bond donors (Lipinski definition) is 2. The van der Waals surface area contributed by atoms with Gasteiger partial charge in [-0.2, -0.15) is 0 Å². The number of hydrogen-bond acceptors (Lipinski definition) is 4. The normalized spacial score (nSPS) is 23.7. The molecular weight excluding hydrogens is 320 g/mol. The van der Waals surface area contributed by atoms with E-state index in [4.69, 9.17) is 17.3 Å². The minimum absolute atomic E-state index is 0.00559. The van der Waals surface area contributed by atoms with Gasteiger partial charge in [0.05, 0.1) is 5.02 Å². The number of halogens is 1. The third-order valence-electron chi connectivity index (χ3n) is 3.32. The van der Waals surface area contributed by atoms with E-state index in [2.05, 4.69) is 4.72 Å². The van der Waals surface area contributed by atoms with Crippen LogP contribution < -0.4 is 10.5 Å². The van der Waals surface area contributed by atoms with Gasteiger partial charge in [0, 0.05) is 34.0 Å². The van der Waals surface area contributed by atoms with Crippen molar-refractivity contribution in [2.24, 2.45) is 0 Å². The van der Waals surface area contributed by atoms with Crippen molar-refractivity contribution in [3.05, 3.63) is 22.7 Å². The first-order valence-electron chi connectivity index (χ1n) is 6.22. The molecule has 0 unspecified atom stereocenters. The lowest BCUT2D eigenvalue weighted by atomic mass is 10.2. The van der Waals surface area contributed by atoms with Crippen molar-refractivity contribution in [1.29, 1.82) is 0 Å². The van der Waals surface area contributed by atoms with Gasteiger partial charge in [-0.05, 0) is 37.5 Å². The molecule has 0 atom stereocenters. The predicted molar refractivity (Wildman–Crippen MR) is 81.8 cm³/mol. The van der Waals surface area contributed by atoms with E-state index in [1.165, 1.54) is 6.07 Å². The van der Waals surface area contributed by atoms with Gasteiger partial charge in [0.1, 0.15) is 4.90 Å². The Labute approximate surface area is 126 Å². The highest BCUT2D eigenvalue weighted by atomic mass is 35.5. The molecule has 8 heteroatoms. The zero-order valence-electron chi connectivity index (χ0n) is 11.1. The van der Waals surface area contributed by atoms with Gasteiger partial charge >= 0.3 is 0 Å². The summed E-state index contributed by atoms with van der Waals surface area (Å²) in [5, 5.41) is 0.156. The molecule has 1 aliphatic heterocycles. The minimum Gasteiger partial charge on any atom is -0.398 e. The third-order valence-corrected chi connectivity index (χ3v) is 6.69. The monoisotopic (exact) mass is 336 g/mol. The molecule has 0 aliphatic carbocycles. The Bertz CT molecular complexity index is 636. The Morgan fingerprint density at radius 1 is 1.35 bits per heavy atom. The van der Waals surface area contributed by atoms with Crippen LogP contribution in [0.5, 0.6) is 0 Å². The summed E-state index contributed by atoms with van der Waals surface area (Å²) in [5.41, 5.74) is 6.87. The Morgan fingerprint density at radius 3 is 2.55 bits per heavy atom. The molecule has 20 heavy (non-hydrogen) atoms. The summed E-state index contributed by atoms with van der Waals surface area (Å²) in [6, 6.07) is 2.72. The molecule has 1 aromatic carbocycles. The molecule has 1 heterocycles. The quantitative estimate of drug-likeness (QED) is 0.817. The van der Waals surface area contributed by atoms with Crippen molar-refractivity contribution < 1.29 is 12.6 Å². The number of benzene rings is 1. The van der Waals surface area contributed by atoms with Gasteiger partial charge in [0.15, 0.2) is 0 Å². The van der Waals surface area contributed by atoms with Gasteiger partial charge in [-0.15, -0.1) is 0 Å². The second kappa shape index (κ2) is 6.01. The molecule has 0 radical (unpaired) electrons.